The van der Waals surface area contributed by atoms with Crippen molar-refractivity contribution < 1.29 is 9.53 Å². The van der Waals surface area contributed by atoms with Gasteiger partial charge in [-0.15, -0.1) is 0 Å². The van der Waals surface area contributed by atoms with Gasteiger partial charge in [-0.05, 0) is 24.6 Å². The Kier molecular flexibility index (Phi) is 5.26. The first kappa shape index (κ1) is 14.2. The van der Waals surface area contributed by atoms with Crippen molar-refractivity contribution in [2.75, 3.05) is 18.1 Å². The molecule has 1 aromatic heterocycles. The zero-order valence-corrected chi connectivity index (χ0v) is 11.5. The van der Waals surface area contributed by atoms with Crippen LogP contribution in [0, 0.1) is 0 Å². The van der Waals surface area contributed by atoms with Crippen molar-refractivity contribution in [1.29, 1.82) is 0 Å². The second-order valence-corrected chi connectivity index (χ2v) is 4.29. The molecule has 4 nitrogen and oxygen atoms in total. The summed E-state index contributed by atoms with van der Waals surface area (Å²) >= 11 is 0. The maximum Gasteiger partial charge on any atom is 0.254 e. The molecule has 1 heterocycles. The zero-order chi connectivity index (χ0) is 14.2. The lowest BCUT2D eigenvalue weighted by molar-refractivity contribution is -0.123. The molecule has 0 atom stereocenters. The molecule has 2 rings (SSSR count). The van der Waals surface area contributed by atoms with Gasteiger partial charge in [0, 0.05) is 12.8 Å². The Morgan fingerprint density at radius 3 is 2.55 bits per heavy atom. The van der Waals surface area contributed by atoms with Gasteiger partial charge in [-0.1, -0.05) is 36.4 Å². The predicted octanol–water partition coefficient (Wildman–Crippen LogP) is 2.65. The summed E-state index contributed by atoms with van der Waals surface area (Å²) in [5, 5.41) is 0. The number of anilines is 1. The summed E-state index contributed by atoms with van der Waals surface area (Å²) in [6.07, 6.45) is 1.68. The fraction of sp³-hybridized carbons (Fsp3) is 0.250. The van der Waals surface area contributed by atoms with Crippen LogP contribution in [0.25, 0.3) is 0 Å². The summed E-state index contributed by atoms with van der Waals surface area (Å²) in [5.74, 6) is 0.551. The van der Waals surface area contributed by atoms with Crippen LogP contribution < -0.4 is 4.90 Å². The van der Waals surface area contributed by atoms with Crippen LogP contribution >= 0.6 is 0 Å². The molecule has 20 heavy (non-hydrogen) atoms. The van der Waals surface area contributed by atoms with Gasteiger partial charge in [0.15, 0.2) is 0 Å². The maximum atomic E-state index is 12.3. The molecule has 0 spiro atoms. The number of hydrogen-bond acceptors (Lipinski definition) is 3. The second-order valence-electron chi connectivity index (χ2n) is 4.29. The summed E-state index contributed by atoms with van der Waals surface area (Å²) in [5.41, 5.74) is 1.06. The van der Waals surface area contributed by atoms with Crippen molar-refractivity contribution in [1.82, 2.24) is 4.98 Å². The first-order valence-corrected chi connectivity index (χ1v) is 6.64. The van der Waals surface area contributed by atoms with E-state index in [1.807, 2.05) is 55.5 Å². The number of carbonyl (C=O) groups is 1. The van der Waals surface area contributed by atoms with E-state index in [0.29, 0.717) is 19.0 Å². The Hall–Kier alpha value is -2.20. The summed E-state index contributed by atoms with van der Waals surface area (Å²) < 4.78 is 5.22. The van der Waals surface area contributed by atoms with Gasteiger partial charge in [-0.2, -0.15) is 0 Å². The van der Waals surface area contributed by atoms with Gasteiger partial charge >= 0.3 is 0 Å². The van der Waals surface area contributed by atoms with Gasteiger partial charge in [0.2, 0.25) is 0 Å². The summed E-state index contributed by atoms with van der Waals surface area (Å²) in [7, 11) is 0. The number of pyridine rings is 1. The number of aromatic nitrogens is 1. The smallest absolute Gasteiger partial charge is 0.254 e. The Bertz CT molecular complexity index is 529. The van der Waals surface area contributed by atoms with E-state index in [1.165, 1.54) is 0 Å². The van der Waals surface area contributed by atoms with E-state index in [-0.39, 0.29) is 12.5 Å². The monoisotopic (exact) mass is 270 g/mol. The van der Waals surface area contributed by atoms with Gasteiger partial charge in [-0.3, -0.25) is 9.69 Å². The zero-order valence-electron chi connectivity index (χ0n) is 11.5. The molecule has 0 N–H and O–H groups in total. The molecular formula is C16H18N2O2. The Morgan fingerprint density at radius 2 is 1.90 bits per heavy atom. The predicted molar refractivity (Wildman–Crippen MR) is 78.4 cm³/mol. The molecule has 0 saturated heterocycles. The molecule has 0 aliphatic rings. The average Bonchev–Trinajstić information content (AvgIpc) is 2.52. The van der Waals surface area contributed by atoms with Gasteiger partial charge in [-0.25, -0.2) is 4.98 Å². The number of benzene rings is 1. The van der Waals surface area contributed by atoms with Gasteiger partial charge in [0.1, 0.15) is 12.4 Å². The molecule has 104 valence electrons. The van der Waals surface area contributed by atoms with Crippen molar-refractivity contribution in [2.24, 2.45) is 0 Å². The molecule has 0 aliphatic carbocycles. The SMILES string of the molecule is CCOCC(=O)N(Cc1ccccc1)c1ccccn1. The minimum atomic E-state index is -0.0885. The van der Waals surface area contributed by atoms with Crippen LogP contribution in [0.5, 0.6) is 0 Å². The number of nitrogens with zero attached hydrogens (tertiary/aromatic N) is 2. The number of amides is 1. The second kappa shape index (κ2) is 7.40. The van der Waals surface area contributed by atoms with Crippen LogP contribution in [-0.2, 0) is 16.1 Å². The van der Waals surface area contributed by atoms with E-state index in [1.54, 1.807) is 11.1 Å². The molecule has 1 aromatic carbocycles. The number of carbonyl (C=O) groups excluding carboxylic acids is 1. The van der Waals surface area contributed by atoms with Gasteiger partial charge < -0.3 is 4.74 Å². The lowest BCUT2D eigenvalue weighted by Crippen LogP contribution is -2.34. The Morgan fingerprint density at radius 1 is 1.15 bits per heavy atom. The van der Waals surface area contributed by atoms with Crippen molar-refractivity contribution in [3.05, 3.63) is 60.3 Å². The summed E-state index contributed by atoms with van der Waals surface area (Å²) in [6.45, 7) is 2.95. The third kappa shape index (κ3) is 3.90. The molecule has 0 aliphatic heterocycles. The van der Waals surface area contributed by atoms with Gasteiger partial charge in [0.25, 0.3) is 5.91 Å². The Balaban J connectivity index is 2.18. The Labute approximate surface area is 119 Å². The topological polar surface area (TPSA) is 42.4 Å². The lowest BCUT2D eigenvalue weighted by atomic mass is 10.2. The average molecular weight is 270 g/mol. The van der Waals surface area contributed by atoms with Crippen LogP contribution in [0.15, 0.2) is 54.7 Å². The standard InChI is InChI=1S/C16H18N2O2/c1-2-20-13-16(19)18(15-10-6-7-11-17-15)12-14-8-4-3-5-9-14/h3-11H,2,12-13H2,1H3. The van der Waals surface area contributed by atoms with Crippen LogP contribution in [0.2, 0.25) is 0 Å². The van der Waals surface area contributed by atoms with E-state index >= 15 is 0 Å². The molecule has 1 amide bonds. The highest BCUT2D eigenvalue weighted by Gasteiger charge is 2.16. The highest BCUT2D eigenvalue weighted by atomic mass is 16.5. The van der Waals surface area contributed by atoms with E-state index in [2.05, 4.69) is 4.98 Å². The van der Waals surface area contributed by atoms with E-state index < -0.39 is 0 Å². The molecule has 0 saturated carbocycles. The highest BCUT2D eigenvalue weighted by molar-refractivity contribution is 5.93. The van der Waals surface area contributed by atoms with Crippen molar-refractivity contribution >= 4 is 11.7 Å². The van der Waals surface area contributed by atoms with Crippen molar-refractivity contribution in [3.63, 3.8) is 0 Å². The fourth-order valence-corrected chi connectivity index (χ4v) is 1.84. The molecule has 0 bridgehead atoms. The van der Waals surface area contributed by atoms with Crippen molar-refractivity contribution in [2.45, 2.75) is 13.5 Å². The normalized spacial score (nSPS) is 10.2. The van der Waals surface area contributed by atoms with E-state index in [0.717, 1.165) is 5.56 Å². The lowest BCUT2D eigenvalue weighted by Gasteiger charge is -2.21. The summed E-state index contributed by atoms with van der Waals surface area (Å²) in [4.78, 5) is 18.2. The molecule has 4 heteroatoms. The minimum Gasteiger partial charge on any atom is -0.372 e. The number of hydrogen-bond donors (Lipinski definition) is 0. The number of rotatable bonds is 6. The summed E-state index contributed by atoms with van der Waals surface area (Å²) in [6, 6.07) is 15.4. The van der Waals surface area contributed by atoms with E-state index in [4.69, 9.17) is 4.74 Å². The minimum absolute atomic E-state index is 0.0694. The fourth-order valence-electron chi connectivity index (χ4n) is 1.84. The van der Waals surface area contributed by atoms with E-state index in [9.17, 15) is 4.79 Å². The molecule has 0 fully saturated rings. The van der Waals surface area contributed by atoms with Crippen LogP contribution in [0.4, 0.5) is 5.82 Å². The largest absolute Gasteiger partial charge is 0.372 e. The van der Waals surface area contributed by atoms with Crippen LogP contribution in [-0.4, -0.2) is 24.1 Å². The molecule has 0 unspecified atom stereocenters. The first-order valence-electron chi connectivity index (χ1n) is 6.64. The highest BCUT2D eigenvalue weighted by Crippen LogP contribution is 2.14. The molecule has 2 aromatic rings. The van der Waals surface area contributed by atoms with Crippen LogP contribution in [0.3, 0.4) is 0 Å². The molecule has 0 radical (unpaired) electrons. The maximum absolute atomic E-state index is 12.3. The quantitative estimate of drug-likeness (QED) is 0.810. The third-order valence-corrected chi connectivity index (χ3v) is 2.84. The third-order valence-electron chi connectivity index (χ3n) is 2.84. The van der Waals surface area contributed by atoms with Crippen molar-refractivity contribution in [3.8, 4) is 0 Å². The first-order chi connectivity index (χ1) is 9.81. The number of ether oxygens (including phenoxy) is 1. The molecular weight excluding hydrogens is 252 g/mol. The van der Waals surface area contributed by atoms with Gasteiger partial charge in [0.05, 0.1) is 6.54 Å². The van der Waals surface area contributed by atoms with Crippen LogP contribution in [0.1, 0.15) is 12.5 Å².